The lowest BCUT2D eigenvalue weighted by Gasteiger charge is -2.02. The number of aryl methyl sites for hydroxylation is 1. The summed E-state index contributed by atoms with van der Waals surface area (Å²) in [5.41, 5.74) is 1.14. The highest BCUT2D eigenvalue weighted by atomic mass is 28.2. The van der Waals surface area contributed by atoms with Gasteiger partial charge in [-0.3, -0.25) is 0 Å². The Balaban J connectivity index is 1.96. The van der Waals surface area contributed by atoms with E-state index in [4.69, 9.17) is 0 Å². The highest BCUT2D eigenvalue weighted by Crippen LogP contribution is 2.02. The molecule has 0 aliphatic carbocycles. The van der Waals surface area contributed by atoms with Gasteiger partial charge in [0.25, 0.3) is 0 Å². The van der Waals surface area contributed by atoms with Crippen molar-refractivity contribution in [3.05, 3.63) is 53.6 Å². The van der Waals surface area contributed by atoms with Gasteiger partial charge < -0.3 is 0 Å². The van der Waals surface area contributed by atoms with Crippen LogP contribution in [0.5, 0.6) is 0 Å². The van der Waals surface area contributed by atoms with E-state index in [2.05, 4.69) is 16.9 Å². The van der Waals surface area contributed by atoms with E-state index in [9.17, 15) is 8.78 Å². The number of hydrogen-bond donors (Lipinski definition) is 0. The van der Waals surface area contributed by atoms with Gasteiger partial charge in [-0.1, -0.05) is 24.6 Å². The number of benzene rings is 1. The summed E-state index contributed by atoms with van der Waals surface area (Å²) < 4.78 is 25.9. The Morgan fingerprint density at radius 1 is 1.11 bits per heavy atom. The van der Waals surface area contributed by atoms with Crippen LogP contribution in [0.3, 0.4) is 0 Å². The van der Waals surface area contributed by atoms with Crippen LogP contribution in [-0.2, 0) is 12.5 Å². The van der Waals surface area contributed by atoms with E-state index in [1.807, 2.05) is 12.4 Å². The Morgan fingerprint density at radius 3 is 2.47 bits per heavy atom. The van der Waals surface area contributed by atoms with Gasteiger partial charge in [0.2, 0.25) is 0 Å². The van der Waals surface area contributed by atoms with Crippen molar-refractivity contribution in [2.45, 2.75) is 25.8 Å². The van der Waals surface area contributed by atoms with Crippen molar-refractivity contribution in [1.29, 1.82) is 0 Å². The lowest BCUT2D eigenvalue weighted by molar-refractivity contribution is 0.509. The largest absolute Gasteiger partial charge is 0.241 e. The van der Waals surface area contributed by atoms with Crippen LogP contribution in [0.1, 0.15) is 24.7 Å². The molecule has 0 radical (unpaired) electrons. The Labute approximate surface area is 113 Å². The first-order valence-electron chi connectivity index (χ1n) is 6.42. The van der Waals surface area contributed by atoms with Crippen molar-refractivity contribution in [2.24, 2.45) is 0 Å². The number of halogens is 2. The minimum absolute atomic E-state index is 0.703. The molecule has 0 aliphatic rings. The third-order valence-electron chi connectivity index (χ3n) is 2.92. The molecule has 0 aliphatic heterocycles. The van der Waals surface area contributed by atoms with Crippen molar-refractivity contribution in [3.8, 4) is 0 Å². The summed E-state index contributed by atoms with van der Waals surface area (Å²) in [6.45, 7) is 2.11. The Bertz CT molecular complexity index is 544. The Hall–Kier alpha value is -1.62. The summed E-state index contributed by atoms with van der Waals surface area (Å²) in [5, 5.41) is 0.889. The summed E-state index contributed by atoms with van der Waals surface area (Å²) in [5.74, 6) is -0.779. The third kappa shape index (κ3) is 3.92. The van der Waals surface area contributed by atoms with E-state index in [0.717, 1.165) is 35.5 Å². The van der Waals surface area contributed by atoms with Crippen molar-refractivity contribution < 1.29 is 8.78 Å². The maximum Gasteiger partial charge on any atom is 0.158 e. The second-order valence-electron chi connectivity index (χ2n) is 4.51. The molecule has 0 bridgehead atoms. The van der Waals surface area contributed by atoms with Crippen LogP contribution in [0.25, 0.3) is 0 Å². The molecule has 2 nitrogen and oxygen atoms in total. The fourth-order valence-corrected chi connectivity index (χ4v) is 3.26. The molecule has 5 heteroatoms. The molecule has 0 amide bonds. The third-order valence-corrected chi connectivity index (χ3v) is 4.63. The highest BCUT2D eigenvalue weighted by Gasteiger charge is 2.04. The van der Waals surface area contributed by atoms with E-state index >= 15 is 0 Å². The van der Waals surface area contributed by atoms with Gasteiger partial charge in [-0.2, -0.15) is 0 Å². The second-order valence-corrected chi connectivity index (χ2v) is 6.32. The van der Waals surface area contributed by atoms with Crippen LogP contribution in [0, 0.1) is 11.6 Å². The minimum Gasteiger partial charge on any atom is -0.241 e. The molecule has 1 aromatic heterocycles. The molecule has 0 unspecified atom stereocenters. The molecule has 100 valence electrons. The van der Waals surface area contributed by atoms with E-state index in [1.165, 1.54) is 12.1 Å². The van der Waals surface area contributed by atoms with Crippen molar-refractivity contribution in [2.75, 3.05) is 0 Å². The number of rotatable bonds is 5. The molecule has 2 rings (SSSR count). The van der Waals surface area contributed by atoms with Gasteiger partial charge in [0.05, 0.1) is 9.52 Å². The fourth-order valence-electron chi connectivity index (χ4n) is 1.88. The van der Waals surface area contributed by atoms with Crippen LogP contribution in [0.4, 0.5) is 8.78 Å². The van der Waals surface area contributed by atoms with Gasteiger partial charge in [0.15, 0.2) is 11.6 Å². The maximum atomic E-state index is 13.1. The Morgan fingerprint density at radius 2 is 1.84 bits per heavy atom. The number of nitrogens with zero attached hydrogens (tertiary/aromatic N) is 2. The standard InChI is InChI=1S/C14H16F2N2Si/c1-2-3-10-7-17-14(18-8-10)9-19-11-4-5-12(15)13(16)6-11/h4-8H,2-3,9,19H2,1H3. The highest BCUT2D eigenvalue weighted by molar-refractivity contribution is 6.52. The molecule has 1 aromatic carbocycles. The summed E-state index contributed by atoms with van der Waals surface area (Å²) >= 11 is 0. The summed E-state index contributed by atoms with van der Waals surface area (Å²) in [6, 6.07) is 4.88. The normalized spacial score (nSPS) is 11.3. The molecule has 0 fully saturated rings. The molecular weight excluding hydrogens is 262 g/mol. The van der Waals surface area contributed by atoms with Crippen LogP contribution in [0.15, 0.2) is 30.6 Å². The van der Waals surface area contributed by atoms with Gasteiger partial charge in [-0.15, -0.1) is 0 Å². The predicted octanol–water partition coefficient (Wildman–Crippen LogP) is 1.70. The number of hydrogen-bond acceptors (Lipinski definition) is 2. The zero-order valence-corrected chi connectivity index (χ0v) is 12.3. The zero-order valence-electron chi connectivity index (χ0n) is 10.9. The zero-order chi connectivity index (χ0) is 13.7. The van der Waals surface area contributed by atoms with Gasteiger partial charge in [0, 0.05) is 18.4 Å². The van der Waals surface area contributed by atoms with E-state index in [0.29, 0.717) is 0 Å². The van der Waals surface area contributed by atoms with E-state index in [1.54, 1.807) is 6.07 Å². The second kappa shape index (κ2) is 6.52. The van der Waals surface area contributed by atoms with Crippen molar-refractivity contribution >= 4 is 14.7 Å². The van der Waals surface area contributed by atoms with E-state index < -0.39 is 21.2 Å². The minimum atomic E-state index is -0.794. The summed E-state index contributed by atoms with van der Waals surface area (Å²) in [4.78, 5) is 8.62. The molecule has 19 heavy (non-hydrogen) atoms. The van der Waals surface area contributed by atoms with Crippen LogP contribution < -0.4 is 5.19 Å². The molecule has 0 N–H and O–H groups in total. The Kier molecular flexibility index (Phi) is 4.73. The van der Waals surface area contributed by atoms with E-state index in [-0.39, 0.29) is 0 Å². The first-order chi connectivity index (χ1) is 9.19. The molecule has 0 saturated heterocycles. The van der Waals surface area contributed by atoms with Crippen LogP contribution in [0.2, 0.25) is 0 Å². The lowest BCUT2D eigenvalue weighted by atomic mass is 10.2. The molecule has 2 aromatic rings. The fraction of sp³-hybridized carbons (Fsp3) is 0.286. The van der Waals surface area contributed by atoms with Gasteiger partial charge >= 0.3 is 0 Å². The topological polar surface area (TPSA) is 25.8 Å². The first kappa shape index (κ1) is 13.8. The quantitative estimate of drug-likeness (QED) is 0.778. The molecule has 0 atom stereocenters. The average Bonchev–Trinajstić information content (AvgIpc) is 2.42. The molecular formula is C14H16F2N2Si. The molecule has 0 saturated carbocycles. The van der Waals surface area contributed by atoms with Crippen molar-refractivity contribution in [3.63, 3.8) is 0 Å². The van der Waals surface area contributed by atoms with Gasteiger partial charge in [-0.25, -0.2) is 18.7 Å². The predicted molar refractivity (Wildman–Crippen MR) is 74.3 cm³/mol. The SMILES string of the molecule is CCCc1cnc(C[SiH2]c2ccc(F)c(F)c2)nc1. The lowest BCUT2D eigenvalue weighted by Crippen LogP contribution is -2.18. The summed E-state index contributed by atoms with van der Waals surface area (Å²) in [6.07, 6.45) is 5.77. The van der Waals surface area contributed by atoms with Crippen molar-refractivity contribution in [1.82, 2.24) is 9.97 Å². The molecule has 1 heterocycles. The van der Waals surface area contributed by atoms with Crippen LogP contribution >= 0.6 is 0 Å². The van der Waals surface area contributed by atoms with Gasteiger partial charge in [0.1, 0.15) is 5.82 Å². The molecule has 0 spiro atoms. The average molecular weight is 278 g/mol. The first-order valence-corrected chi connectivity index (χ1v) is 8.13. The maximum absolute atomic E-state index is 13.1. The monoisotopic (exact) mass is 278 g/mol. The van der Waals surface area contributed by atoms with Gasteiger partial charge in [-0.05, 0) is 24.1 Å². The van der Waals surface area contributed by atoms with Crippen LogP contribution in [-0.4, -0.2) is 19.5 Å². The smallest absolute Gasteiger partial charge is 0.158 e. The number of aromatic nitrogens is 2. The summed E-state index contributed by atoms with van der Waals surface area (Å²) in [7, 11) is -0.703.